The Kier molecular flexibility index (Phi) is 4.94. The molecule has 1 amide bonds. The standard InChI is InChI=1S/C11H22N2O/c1-9(10-5-3-6-10)13-8-4-7-11(14)12-2/h9-10,13H,3-8H2,1-2H3,(H,12,14). The summed E-state index contributed by atoms with van der Waals surface area (Å²) >= 11 is 0. The SMILES string of the molecule is CNC(=O)CCCNC(C)C1CCC1. The van der Waals surface area contributed by atoms with Crippen LogP contribution in [0.25, 0.3) is 0 Å². The fourth-order valence-electron chi connectivity index (χ4n) is 1.81. The third-order valence-electron chi connectivity index (χ3n) is 3.18. The first-order valence-corrected chi connectivity index (χ1v) is 5.68. The van der Waals surface area contributed by atoms with Gasteiger partial charge in [-0.15, -0.1) is 0 Å². The Labute approximate surface area is 86.6 Å². The minimum Gasteiger partial charge on any atom is -0.359 e. The summed E-state index contributed by atoms with van der Waals surface area (Å²) in [7, 11) is 1.69. The zero-order chi connectivity index (χ0) is 10.4. The first-order valence-electron chi connectivity index (χ1n) is 5.68. The number of carbonyl (C=O) groups is 1. The molecule has 3 heteroatoms. The van der Waals surface area contributed by atoms with Crippen molar-refractivity contribution in [3.8, 4) is 0 Å². The number of carbonyl (C=O) groups excluding carboxylic acids is 1. The van der Waals surface area contributed by atoms with Crippen LogP contribution in [0, 0.1) is 5.92 Å². The molecule has 2 N–H and O–H groups in total. The molecular formula is C11H22N2O. The fourth-order valence-corrected chi connectivity index (χ4v) is 1.81. The van der Waals surface area contributed by atoms with Crippen molar-refractivity contribution in [2.24, 2.45) is 5.92 Å². The van der Waals surface area contributed by atoms with Gasteiger partial charge in [0.05, 0.1) is 0 Å². The first-order chi connectivity index (χ1) is 6.74. The van der Waals surface area contributed by atoms with Crippen LogP contribution in [0.1, 0.15) is 39.0 Å². The normalized spacial score (nSPS) is 18.7. The third kappa shape index (κ3) is 3.66. The maximum atomic E-state index is 10.9. The lowest BCUT2D eigenvalue weighted by Crippen LogP contribution is -2.37. The average Bonchev–Trinajstić information content (AvgIpc) is 2.09. The zero-order valence-electron chi connectivity index (χ0n) is 9.31. The van der Waals surface area contributed by atoms with E-state index < -0.39 is 0 Å². The lowest BCUT2D eigenvalue weighted by molar-refractivity contribution is -0.120. The highest BCUT2D eigenvalue weighted by Gasteiger charge is 2.22. The molecule has 0 aromatic heterocycles. The third-order valence-corrected chi connectivity index (χ3v) is 3.18. The molecule has 0 heterocycles. The van der Waals surface area contributed by atoms with Gasteiger partial charge in [0.25, 0.3) is 0 Å². The summed E-state index contributed by atoms with van der Waals surface area (Å²) in [6.45, 7) is 3.22. The fraction of sp³-hybridized carbons (Fsp3) is 0.909. The monoisotopic (exact) mass is 198 g/mol. The van der Waals surface area contributed by atoms with Crippen molar-refractivity contribution in [3.05, 3.63) is 0 Å². The lowest BCUT2D eigenvalue weighted by Gasteiger charge is -2.32. The Hall–Kier alpha value is -0.570. The van der Waals surface area contributed by atoms with E-state index in [0.29, 0.717) is 12.5 Å². The van der Waals surface area contributed by atoms with Gasteiger partial charge in [0.15, 0.2) is 0 Å². The molecule has 0 radical (unpaired) electrons. The number of nitrogens with one attached hydrogen (secondary N) is 2. The van der Waals surface area contributed by atoms with E-state index >= 15 is 0 Å². The summed E-state index contributed by atoms with van der Waals surface area (Å²) in [5, 5.41) is 6.12. The maximum Gasteiger partial charge on any atom is 0.219 e. The van der Waals surface area contributed by atoms with Gasteiger partial charge in [-0.1, -0.05) is 6.42 Å². The molecule has 1 aliphatic rings. The van der Waals surface area contributed by atoms with Crippen LogP contribution in [-0.4, -0.2) is 25.5 Å². The highest BCUT2D eigenvalue weighted by atomic mass is 16.1. The highest BCUT2D eigenvalue weighted by Crippen LogP contribution is 2.29. The van der Waals surface area contributed by atoms with E-state index in [1.807, 2.05) is 0 Å². The minimum absolute atomic E-state index is 0.142. The Morgan fingerprint density at radius 3 is 2.71 bits per heavy atom. The smallest absolute Gasteiger partial charge is 0.219 e. The minimum atomic E-state index is 0.142. The Balaban J connectivity index is 1.94. The molecule has 1 saturated carbocycles. The van der Waals surface area contributed by atoms with E-state index in [1.54, 1.807) is 7.05 Å². The van der Waals surface area contributed by atoms with Crippen molar-refractivity contribution in [3.63, 3.8) is 0 Å². The second-order valence-corrected chi connectivity index (χ2v) is 4.21. The molecule has 0 aliphatic heterocycles. The van der Waals surface area contributed by atoms with Gasteiger partial charge in [0.1, 0.15) is 0 Å². The van der Waals surface area contributed by atoms with E-state index in [4.69, 9.17) is 0 Å². The van der Waals surface area contributed by atoms with Gasteiger partial charge >= 0.3 is 0 Å². The van der Waals surface area contributed by atoms with Gasteiger partial charge < -0.3 is 10.6 Å². The highest BCUT2D eigenvalue weighted by molar-refractivity contribution is 5.75. The van der Waals surface area contributed by atoms with Crippen molar-refractivity contribution < 1.29 is 4.79 Å². The van der Waals surface area contributed by atoms with Gasteiger partial charge in [-0.25, -0.2) is 0 Å². The summed E-state index contributed by atoms with van der Waals surface area (Å²) in [4.78, 5) is 10.9. The second kappa shape index (κ2) is 6.02. The number of amides is 1. The Morgan fingerprint density at radius 2 is 2.21 bits per heavy atom. The number of rotatable bonds is 6. The molecule has 1 atom stereocenters. The maximum absolute atomic E-state index is 10.9. The molecule has 0 aromatic rings. The van der Waals surface area contributed by atoms with Crippen LogP contribution in [-0.2, 0) is 4.79 Å². The van der Waals surface area contributed by atoms with E-state index in [0.717, 1.165) is 18.9 Å². The molecule has 1 fully saturated rings. The van der Waals surface area contributed by atoms with E-state index in [9.17, 15) is 4.79 Å². The Morgan fingerprint density at radius 1 is 1.50 bits per heavy atom. The molecule has 0 aromatic carbocycles. The molecule has 3 nitrogen and oxygen atoms in total. The summed E-state index contributed by atoms with van der Waals surface area (Å²) in [6, 6.07) is 0.633. The lowest BCUT2D eigenvalue weighted by atomic mass is 9.80. The van der Waals surface area contributed by atoms with Crippen LogP contribution in [0.5, 0.6) is 0 Å². The number of hydrogen-bond donors (Lipinski definition) is 2. The molecule has 82 valence electrons. The second-order valence-electron chi connectivity index (χ2n) is 4.21. The van der Waals surface area contributed by atoms with E-state index in [-0.39, 0.29) is 5.91 Å². The molecule has 0 spiro atoms. The van der Waals surface area contributed by atoms with Gasteiger partial charge in [-0.3, -0.25) is 4.79 Å². The van der Waals surface area contributed by atoms with Crippen LogP contribution < -0.4 is 10.6 Å². The van der Waals surface area contributed by atoms with E-state index in [2.05, 4.69) is 17.6 Å². The van der Waals surface area contributed by atoms with Crippen molar-refractivity contribution in [2.45, 2.75) is 45.1 Å². The molecule has 1 unspecified atom stereocenters. The van der Waals surface area contributed by atoms with Gasteiger partial charge in [-0.05, 0) is 38.6 Å². The summed E-state index contributed by atoms with van der Waals surface area (Å²) in [6.07, 6.45) is 5.74. The topological polar surface area (TPSA) is 41.1 Å². The summed E-state index contributed by atoms with van der Waals surface area (Å²) in [5.74, 6) is 1.03. The summed E-state index contributed by atoms with van der Waals surface area (Å²) in [5.41, 5.74) is 0. The predicted molar refractivity (Wildman–Crippen MR) is 58.1 cm³/mol. The number of hydrogen-bond acceptors (Lipinski definition) is 2. The largest absolute Gasteiger partial charge is 0.359 e. The molecule has 1 rings (SSSR count). The van der Waals surface area contributed by atoms with Crippen LogP contribution in [0.4, 0.5) is 0 Å². The van der Waals surface area contributed by atoms with E-state index in [1.165, 1.54) is 19.3 Å². The van der Waals surface area contributed by atoms with Crippen LogP contribution in [0.3, 0.4) is 0 Å². The summed E-state index contributed by atoms with van der Waals surface area (Å²) < 4.78 is 0. The van der Waals surface area contributed by atoms with Crippen LogP contribution in [0.2, 0.25) is 0 Å². The zero-order valence-corrected chi connectivity index (χ0v) is 9.31. The van der Waals surface area contributed by atoms with Crippen molar-refractivity contribution in [1.82, 2.24) is 10.6 Å². The molecular weight excluding hydrogens is 176 g/mol. The van der Waals surface area contributed by atoms with Crippen molar-refractivity contribution in [2.75, 3.05) is 13.6 Å². The van der Waals surface area contributed by atoms with Crippen LogP contribution in [0.15, 0.2) is 0 Å². The first kappa shape index (κ1) is 11.5. The van der Waals surface area contributed by atoms with Gasteiger partial charge in [-0.2, -0.15) is 0 Å². The average molecular weight is 198 g/mol. The van der Waals surface area contributed by atoms with Crippen molar-refractivity contribution in [1.29, 1.82) is 0 Å². The van der Waals surface area contributed by atoms with Gasteiger partial charge in [0.2, 0.25) is 5.91 Å². The molecule has 14 heavy (non-hydrogen) atoms. The Bertz CT molecular complexity index is 178. The predicted octanol–water partition coefficient (Wildman–Crippen LogP) is 1.29. The molecule has 0 bridgehead atoms. The van der Waals surface area contributed by atoms with Gasteiger partial charge in [0, 0.05) is 19.5 Å². The molecule has 0 saturated heterocycles. The van der Waals surface area contributed by atoms with Crippen LogP contribution >= 0.6 is 0 Å². The molecule has 1 aliphatic carbocycles. The quantitative estimate of drug-likeness (QED) is 0.631. The van der Waals surface area contributed by atoms with Crippen molar-refractivity contribution >= 4 is 5.91 Å².